The molecule has 6 heteroatoms. The third-order valence-corrected chi connectivity index (χ3v) is 6.94. The molecule has 0 radical (unpaired) electrons. The van der Waals surface area contributed by atoms with Crippen LogP contribution in [0.15, 0.2) is 36.7 Å². The second kappa shape index (κ2) is 8.62. The van der Waals surface area contributed by atoms with E-state index in [9.17, 15) is 4.79 Å². The van der Waals surface area contributed by atoms with Crippen molar-refractivity contribution in [2.75, 3.05) is 36.0 Å². The Hall–Kier alpha value is -2.63. The lowest BCUT2D eigenvalue weighted by Crippen LogP contribution is -2.41. The minimum atomic E-state index is 0.0996. The SMILES string of the molecule is O=C(NC1CCc2ccccc21)C1CCN(c2cnc(N3CCCCC3)nc2)CC1. The lowest BCUT2D eigenvalue weighted by molar-refractivity contribution is -0.126. The number of aryl methyl sites for hydroxylation is 1. The third-order valence-electron chi connectivity index (χ3n) is 6.94. The number of carbonyl (C=O) groups is 1. The predicted octanol–water partition coefficient (Wildman–Crippen LogP) is 3.49. The number of carbonyl (C=O) groups excluding carboxylic acids is 1. The van der Waals surface area contributed by atoms with Crippen molar-refractivity contribution in [1.29, 1.82) is 0 Å². The Morgan fingerprint density at radius 1 is 0.900 bits per heavy atom. The minimum Gasteiger partial charge on any atom is -0.369 e. The van der Waals surface area contributed by atoms with E-state index >= 15 is 0 Å². The van der Waals surface area contributed by atoms with E-state index in [4.69, 9.17) is 0 Å². The summed E-state index contributed by atoms with van der Waals surface area (Å²) in [5.74, 6) is 1.17. The Morgan fingerprint density at radius 2 is 1.63 bits per heavy atom. The molecular formula is C24H31N5O. The van der Waals surface area contributed by atoms with Crippen molar-refractivity contribution in [3.8, 4) is 0 Å². The van der Waals surface area contributed by atoms with Crippen molar-refractivity contribution in [2.24, 2.45) is 5.92 Å². The van der Waals surface area contributed by atoms with E-state index in [1.807, 2.05) is 12.4 Å². The maximum absolute atomic E-state index is 12.9. The second-order valence-electron chi connectivity index (χ2n) is 8.85. The lowest BCUT2D eigenvalue weighted by Gasteiger charge is -2.33. The third kappa shape index (κ3) is 4.00. The fourth-order valence-electron chi connectivity index (χ4n) is 5.13. The first kappa shape index (κ1) is 19.3. The minimum absolute atomic E-state index is 0.0996. The average Bonchev–Trinajstić information content (AvgIpc) is 3.23. The Kier molecular flexibility index (Phi) is 5.56. The van der Waals surface area contributed by atoms with E-state index in [1.54, 1.807) is 0 Å². The molecule has 2 fully saturated rings. The van der Waals surface area contributed by atoms with E-state index in [0.717, 1.165) is 63.5 Å². The topological polar surface area (TPSA) is 61.4 Å². The molecule has 2 aliphatic heterocycles. The predicted molar refractivity (Wildman–Crippen MR) is 119 cm³/mol. The summed E-state index contributed by atoms with van der Waals surface area (Å²) in [5, 5.41) is 3.32. The molecule has 1 aromatic carbocycles. The standard InChI is InChI=1S/C24H31N5O/c30-23(27-22-9-8-18-6-2-3-7-21(18)22)19-10-14-28(15-11-19)20-16-25-24(26-17-20)29-12-4-1-5-13-29/h2-3,6-7,16-17,19,22H,1,4-5,8-15H2,(H,27,30). The van der Waals surface area contributed by atoms with Crippen LogP contribution in [-0.4, -0.2) is 42.1 Å². The fourth-order valence-corrected chi connectivity index (χ4v) is 5.13. The number of anilines is 2. The smallest absolute Gasteiger partial charge is 0.225 e. The van der Waals surface area contributed by atoms with Crippen molar-refractivity contribution in [3.63, 3.8) is 0 Å². The quantitative estimate of drug-likeness (QED) is 0.844. The Morgan fingerprint density at radius 3 is 2.40 bits per heavy atom. The van der Waals surface area contributed by atoms with Crippen molar-refractivity contribution in [2.45, 2.75) is 51.0 Å². The number of benzene rings is 1. The Balaban J connectivity index is 1.14. The molecule has 1 amide bonds. The zero-order chi connectivity index (χ0) is 20.3. The van der Waals surface area contributed by atoms with Gasteiger partial charge >= 0.3 is 0 Å². The normalized spacial score (nSPS) is 22.1. The van der Waals surface area contributed by atoms with Gasteiger partial charge < -0.3 is 15.1 Å². The molecular weight excluding hydrogens is 374 g/mol. The fraction of sp³-hybridized carbons (Fsp3) is 0.542. The first-order valence-corrected chi connectivity index (χ1v) is 11.5. The van der Waals surface area contributed by atoms with Gasteiger partial charge in [-0.2, -0.15) is 0 Å². The molecule has 1 atom stereocenters. The monoisotopic (exact) mass is 405 g/mol. The molecule has 158 valence electrons. The summed E-state index contributed by atoms with van der Waals surface area (Å²) in [5.41, 5.74) is 3.75. The van der Waals surface area contributed by atoms with Crippen molar-refractivity contribution < 1.29 is 4.79 Å². The van der Waals surface area contributed by atoms with Crippen molar-refractivity contribution >= 4 is 17.5 Å². The number of hydrogen-bond acceptors (Lipinski definition) is 5. The highest BCUT2D eigenvalue weighted by Crippen LogP contribution is 2.32. The van der Waals surface area contributed by atoms with Gasteiger partial charge in [0.25, 0.3) is 0 Å². The molecule has 1 unspecified atom stereocenters. The average molecular weight is 406 g/mol. The highest BCUT2D eigenvalue weighted by atomic mass is 16.2. The molecule has 1 aromatic heterocycles. The van der Waals surface area contributed by atoms with Gasteiger partial charge in [0.2, 0.25) is 11.9 Å². The van der Waals surface area contributed by atoms with Crippen LogP contribution in [0, 0.1) is 5.92 Å². The highest BCUT2D eigenvalue weighted by molar-refractivity contribution is 5.79. The van der Waals surface area contributed by atoms with Crippen LogP contribution in [0.1, 0.15) is 55.7 Å². The number of piperidine rings is 2. The van der Waals surface area contributed by atoms with Gasteiger partial charge in [-0.3, -0.25) is 4.79 Å². The first-order valence-electron chi connectivity index (χ1n) is 11.5. The van der Waals surface area contributed by atoms with Crippen LogP contribution in [0.3, 0.4) is 0 Å². The first-order chi connectivity index (χ1) is 14.8. The molecule has 5 rings (SSSR count). The van der Waals surface area contributed by atoms with Crippen LogP contribution < -0.4 is 15.1 Å². The largest absolute Gasteiger partial charge is 0.369 e. The molecule has 2 aromatic rings. The van der Waals surface area contributed by atoms with Gasteiger partial charge in [0.05, 0.1) is 24.1 Å². The van der Waals surface area contributed by atoms with Crippen molar-refractivity contribution in [1.82, 2.24) is 15.3 Å². The molecule has 30 heavy (non-hydrogen) atoms. The highest BCUT2D eigenvalue weighted by Gasteiger charge is 2.29. The number of nitrogens with one attached hydrogen (secondary N) is 1. The van der Waals surface area contributed by atoms with E-state index in [2.05, 4.69) is 49.4 Å². The van der Waals surface area contributed by atoms with Gasteiger partial charge in [0.1, 0.15) is 0 Å². The summed E-state index contributed by atoms with van der Waals surface area (Å²) in [6.07, 6.45) is 11.5. The number of fused-ring (bicyclic) bond motifs is 1. The van der Waals surface area contributed by atoms with E-state index in [-0.39, 0.29) is 17.9 Å². The molecule has 1 aliphatic carbocycles. The van der Waals surface area contributed by atoms with Gasteiger partial charge in [0, 0.05) is 32.1 Å². The summed E-state index contributed by atoms with van der Waals surface area (Å²) in [6, 6.07) is 8.67. The summed E-state index contributed by atoms with van der Waals surface area (Å²) in [7, 11) is 0. The van der Waals surface area contributed by atoms with Gasteiger partial charge in [-0.15, -0.1) is 0 Å². The van der Waals surface area contributed by atoms with Gasteiger partial charge in [-0.05, 0) is 56.1 Å². The van der Waals surface area contributed by atoms with Crippen LogP contribution in [0.25, 0.3) is 0 Å². The van der Waals surface area contributed by atoms with Crippen molar-refractivity contribution in [3.05, 3.63) is 47.8 Å². The summed E-state index contributed by atoms with van der Waals surface area (Å²) in [4.78, 5) is 26.7. The zero-order valence-electron chi connectivity index (χ0n) is 17.6. The number of rotatable bonds is 4. The van der Waals surface area contributed by atoms with E-state index in [1.165, 1.54) is 30.4 Å². The lowest BCUT2D eigenvalue weighted by atomic mass is 9.95. The van der Waals surface area contributed by atoms with Crippen LogP contribution in [0.2, 0.25) is 0 Å². The molecule has 3 heterocycles. The van der Waals surface area contributed by atoms with E-state index < -0.39 is 0 Å². The van der Waals surface area contributed by atoms with Crippen LogP contribution in [-0.2, 0) is 11.2 Å². The zero-order valence-corrected chi connectivity index (χ0v) is 17.6. The van der Waals surface area contributed by atoms with Crippen LogP contribution in [0.5, 0.6) is 0 Å². The van der Waals surface area contributed by atoms with E-state index in [0.29, 0.717) is 0 Å². The molecule has 0 bridgehead atoms. The number of hydrogen-bond donors (Lipinski definition) is 1. The maximum Gasteiger partial charge on any atom is 0.225 e. The number of nitrogens with zero attached hydrogens (tertiary/aromatic N) is 4. The Labute approximate surface area is 178 Å². The molecule has 0 spiro atoms. The van der Waals surface area contributed by atoms with Gasteiger partial charge in [-0.25, -0.2) is 9.97 Å². The Bertz CT molecular complexity index is 869. The molecule has 0 saturated carbocycles. The van der Waals surface area contributed by atoms with Crippen LogP contribution >= 0.6 is 0 Å². The van der Waals surface area contributed by atoms with Gasteiger partial charge in [0.15, 0.2) is 0 Å². The number of amides is 1. The molecule has 2 saturated heterocycles. The summed E-state index contributed by atoms with van der Waals surface area (Å²) < 4.78 is 0. The summed E-state index contributed by atoms with van der Waals surface area (Å²) >= 11 is 0. The number of aromatic nitrogens is 2. The maximum atomic E-state index is 12.9. The van der Waals surface area contributed by atoms with Gasteiger partial charge in [-0.1, -0.05) is 24.3 Å². The second-order valence-corrected chi connectivity index (χ2v) is 8.85. The molecule has 3 aliphatic rings. The summed E-state index contributed by atoms with van der Waals surface area (Å²) in [6.45, 7) is 3.88. The molecule has 1 N–H and O–H groups in total. The molecule has 6 nitrogen and oxygen atoms in total. The van der Waals surface area contributed by atoms with Crippen LogP contribution in [0.4, 0.5) is 11.6 Å².